The summed E-state index contributed by atoms with van der Waals surface area (Å²) in [5.74, 6) is 1.30. The first-order valence-electron chi connectivity index (χ1n) is 11.2. The Balaban J connectivity index is 1.37. The molecule has 1 saturated heterocycles. The number of carbonyl (C=O) groups excluding carboxylic acids is 2. The van der Waals surface area contributed by atoms with E-state index in [1.807, 2.05) is 78.6 Å². The highest BCUT2D eigenvalue weighted by molar-refractivity contribution is 8.00. The number of hydrogen-bond acceptors (Lipinski definition) is 4. The molecule has 4 rings (SSSR count). The number of nitrogens with zero attached hydrogens (tertiary/aromatic N) is 1. The highest BCUT2D eigenvalue weighted by atomic mass is 32.2. The first-order valence-corrected chi connectivity index (χ1v) is 12.2. The molecule has 170 valence electrons. The van der Waals surface area contributed by atoms with Crippen LogP contribution in [0.3, 0.4) is 0 Å². The maximum Gasteiger partial charge on any atom is 0.251 e. The Labute approximate surface area is 199 Å². The predicted molar refractivity (Wildman–Crippen MR) is 132 cm³/mol. The average molecular weight is 461 g/mol. The van der Waals surface area contributed by atoms with E-state index in [0.717, 1.165) is 23.3 Å². The number of nitrogens with one attached hydrogen (secondary N) is 1. The standard InChI is InChI=1S/C27H28N2O3S/c1-2-32-24-11-7-6-10-23(24)18-28-26(31)21-12-14-22(15-13-21)27-29(25(30)19-33-27)17-16-20-8-4-3-5-9-20/h3-15,27H,2,16-19H2,1H3,(H,28,31)/t27-/m1/s1. The summed E-state index contributed by atoms with van der Waals surface area (Å²) in [4.78, 5) is 27.1. The molecule has 1 aliphatic heterocycles. The summed E-state index contributed by atoms with van der Waals surface area (Å²) in [6, 6.07) is 25.5. The van der Waals surface area contributed by atoms with Gasteiger partial charge in [-0.1, -0.05) is 60.7 Å². The van der Waals surface area contributed by atoms with Crippen LogP contribution in [0.4, 0.5) is 0 Å². The van der Waals surface area contributed by atoms with Crippen LogP contribution in [0.25, 0.3) is 0 Å². The summed E-state index contributed by atoms with van der Waals surface area (Å²) in [7, 11) is 0. The van der Waals surface area contributed by atoms with Crippen LogP contribution in [0.1, 0.15) is 39.3 Å². The number of benzene rings is 3. The fourth-order valence-electron chi connectivity index (χ4n) is 3.89. The summed E-state index contributed by atoms with van der Waals surface area (Å²) in [6.45, 7) is 3.60. The molecule has 1 aliphatic rings. The first-order chi connectivity index (χ1) is 16.2. The van der Waals surface area contributed by atoms with Crippen LogP contribution in [0, 0.1) is 0 Å². The Morgan fingerprint density at radius 3 is 2.52 bits per heavy atom. The van der Waals surface area contributed by atoms with Crippen molar-refractivity contribution in [2.24, 2.45) is 0 Å². The highest BCUT2D eigenvalue weighted by Gasteiger charge is 2.32. The van der Waals surface area contributed by atoms with Crippen LogP contribution in [0.5, 0.6) is 5.75 Å². The number of hydrogen-bond donors (Lipinski definition) is 1. The van der Waals surface area contributed by atoms with Crippen LogP contribution in [0.2, 0.25) is 0 Å². The van der Waals surface area contributed by atoms with E-state index in [9.17, 15) is 9.59 Å². The number of thioether (sulfide) groups is 1. The second-order valence-corrected chi connectivity index (χ2v) is 8.90. The molecule has 3 aromatic rings. The lowest BCUT2D eigenvalue weighted by Crippen LogP contribution is -2.30. The van der Waals surface area contributed by atoms with Crippen molar-refractivity contribution in [3.8, 4) is 5.75 Å². The van der Waals surface area contributed by atoms with Gasteiger partial charge in [0.1, 0.15) is 11.1 Å². The third kappa shape index (κ3) is 5.76. The minimum atomic E-state index is -0.135. The molecular formula is C27H28N2O3S. The fourth-order valence-corrected chi connectivity index (χ4v) is 5.11. The van der Waals surface area contributed by atoms with Gasteiger partial charge >= 0.3 is 0 Å². The SMILES string of the molecule is CCOc1ccccc1CNC(=O)c1ccc([C@H]2SCC(=O)N2CCc2ccccc2)cc1. The third-order valence-corrected chi connectivity index (χ3v) is 6.88. The first kappa shape index (κ1) is 22.9. The number of carbonyl (C=O) groups is 2. The van der Waals surface area contributed by atoms with Gasteiger partial charge in [0.05, 0.1) is 12.4 Å². The Bertz CT molecular complexity index is 1090. The molecule has 0 unspecified atom stereocenters. The van der Waals surface area contributed by atoms with Gasteiger partial charge in [0.25, 0.3) is 5.91 Å². The van der Waals surface area contributed by atoms with Crippen molar-refractivity contribution in [3.05, 3.63) is 101 Å². The molecule has 0 saturated carbocycles. The zero-order chi connectivity index (χ0) is 23.0. The summed E-state index contributed by atoms with van der Waals surface area (Å²) in [6.07, 6.45) is 0.827. The van der Waals surface area contributed by atoms with Gasteiger partial charge in [-0.25, -0.2) is 0 Å². The molecule has 1 N–H and O–H groups in total. The van der Waals surface area contributed by atoms with E-state index in [0.29, 0.717) is 31.0 Å². The minimum Gasteiger partial charge on any atom is -0.494 e. The molecule has 0 bridgehead atoms. The Morgan fingerprint density at radius 2 is 1.76 bits per heavy atom. The summed E-state index contributed by atoms with van der Waals surface area (Å²) in [5.41, 5.74) is 3.80. The largest absolute Gasteiger partial charge is 0.494 e. The van der Waals surface area contributed by atoms with Crippen molar-refractivity contribution >= 4 is 23.6 Å². The number of ether oxygens (including phenoxy) is 1. The highest BCUT2D eigenvalue weighted by Crippen LogP contribution is 2.38. The van der Waals surface area contributed by atoms with E-state index in [2.05, 4.69) is 17.4 Å². The zero-order valence-corrected chi connectivity index (χ0v) is 19.5. The van der Waals surface area contributed by atoms with E-state index < -0.39 is 0 Å². The fraction of sp³-hybridized carbons (Fsp3) is 0.259. The zero-order valence-electron chi connectivity index (χ0n) is 18.7. The van der Waals surface area contributed by atoms with Crippen molar-refractivity contribution in [1.82, 2.24) is 10.2 Å². The Hall–Kier alpha value is -3.25. The molecule has 1 atom stereocenters. The number of amides is 2. The lowest BCUT2D eigenvalue weighted by atomic mass is 10.1. The van der Waals surface area contributed by atoms with E-state index in [1.165, 1.54) is 5.56 Å². The van der Waals surface area contributed by atoms with E-state index in [1.54, 1.807) is 11.8 Å². The summed E-state index contributed by atoms with van der Waals surface area (Å²) >= 11 is 1.64. The van der Waals surface area contributed by atoms with Crippen LogP contribution in [-0.2, 0) is 17.8 Å². The predicted octanol–water partition coefficient (Wildman–Crippen LogP) is 4.83. The molecule has 1 heterocycles. The monoisotopic (exact) mass is 460 g/mol. The molecule has 0 aliphatic carbocycles. The van der Waals surface area contributed by atoms with Gasteiger partial charge in [-0.15, -0.1) is 11.8 Å². The second kappa shape index (κ2) is 11.1. The molecule has 3 aromatic carbocycles. The number of rotatable bonds is 9. The third-order valence-electron chi connectivity index (χ3n) is 5.62. The van der Waals surface area contributed by atoms with Crippen LogP contribution in [0.15, 0.2) is 78.9 Å². The van der Waals surface area contributed by atoms with Gasteiger partial charge in [-0.3, -0.25) is 9.59 Å². The van der Waals surface area contributed by atoms with Gasteiger partial charge in [0.15, 0.2) is 0 Å². The Kier molecular flexibility index (Phi) is 7.68. The van der Waals surface area contributed by atoms with Crippen molar-refractivity contribution in [1.29, 1.82) is 0 Å². The van der Waals surface area contributed by atoms with E-state index >= 15 is 0 Å². The normalized spacial score (nSPS) is 15.5. The average Bonchev–Trinajstić information content (AvgIpc) is 3.23. The van der Waals surface area contributed by atoms with Gasteiger partial charge < -0.3 is 15.0 Å². The van der Waals surface area contributed by atoms with Crippen LogP contribution >= 0.6 is 11.8 Å². The van der Waals surface area contributed by atoms with Crippen molar-refractivity contribution in [2.45, 2.75) is 25.3 Å². The minimum absolute atomic E-state index is 0.0172. The quantitative estimate of drug-likeness (QED) is 0.497. The van der Waals surface area contributed by atoms with Gasteiger partial charge in [0.2, 0.25) is 5.91 Å². The van der Waals surface area contributed by atoms with E-state index in [4.69, 9.17) is 4.74 Å². The van der Waals surface area contributed by atoms with Crippen molar-refractivity contribution < 1.29 is 14.3 Å². The van der Waals surface area contributed by atoms with Crippen LogP contribution < -0.4 is 10.1 Å². The van der Waals surface area contributed by atoms with Gasteiger partial charge in [-0.2, -0.15) is 0 Å². The number of para-hydroxylation sites is 1. The lowest BCUT2D eigenvalue weighted by molar-refractivity contribution is -0.128. The molecule has 0 spiro atoms. The molecule has 33 heavy (non-hydrogen) atoms. The second-order valence-electron chi connectivity index (χ2n) is 7.83. The van der Waals surface area contributed by atoms with Gasteiger partial charge in [-0.05, 0) is 42.7 Å². The van der Waals surface area contributed by atoms with Crippen LogP contribution in [-0.4, -0.2) is 35.6 Å². The molecule has 0 radical (unpaired) electrons. The lowest BCUT2D eigenvalue weighted by Gasteiger charge is -2.24. The molecule has 5 nitrogen and oxygen atoms in total. The Morgan fingerprint density at radius 1 is 1.03 bits per heavy atom. The molecule has 1 fully saturated rings. The molecular weight excluding hydrogens is 432 g/mol. The van der Waals surface area contributed by atoms with Gasteiger partial charge in [0, 0.05) is 24.2 Å². The molecule has 2 amide bonds. The van der Waals surface area contributed by atoms with Crippen molar-refractivity contribution in [2.75, 3.05) is 18.9 Å². The molecule has 0 aromatic heterocycles. The van der Waals surface area contributed by atoms with Crippen molar-refractivity contribution in [3.63, 3.8) is 0 Å². The maximum absolute atomic E-state index is 12.7. The molecule has 6 heteroatoms. The van der Waals surface area contributed by atoms with E-state index in [-0.39, 0.29) is 17.2 Å². The smallest absolute Gasteiger partial charge is 0.251 e. The summed E-state index contributed by atoms with van der Waals surface area (Å²) < 4.78 is 5.63. The maximum atomic E-state index is 12.7. The topological polar surface area (TPSA) is 58.6 Å². The summed E-state index contributed by atoms with van der Waals surface area (Å²) in [5, 5.41) is 2.95.